The minimum atomic E-state index is -0.483. The van der Waals surface area contributed by atoms with Gasteiger partial charge in [-0.15, -0.1) is 0 Å². The first-order valence-electron chi connectivity index (χ1n) is 10.4. The third-order valence-electron chi connectivity index (χ3n) is 4.91. The van der Waals surface area contributed by atoms with Gasteiger partial charge in [0.1, 0.15) is 5.75 Å². The molecule has 4 rings (SSSR count). The fraction of sp³-hybridized carbons (Fsp3) is 0.125. The standard InChI is InChI=1S/C24H21N5O4S/c1-15-20-13-18(14-25-23(20)33-29-15)22(31)27-28-24(34)26-21(30)17-7-9-19(10-8-17)32-12-11-16-5-3-2-4-6-16/h2-10,13-14H,11-12H2,1H3,(H,27,31)(H2,26,28,30,34). The second kappa shape index (κ2) is 10.5. The van der Waals surface area contributed by atoms with Crippen LogP contribution in [0.15, 0.2) is 71.4 Å². The largest absolute Gasteiger partial charge is 0.493 e. The molecule has 0 spiro atoms. The third kappa shape index (κ3) is 5.73. The predicted octanol–water partition coefficient (Wildman–Crippen LogP) is 3.10. The fourth-order valence-corrected chi connectivity index (χ4v) is 3.24. The Balaban J connectivity index is 1.23. The first kappa shape index (κ1) is 22.9. The number of carbonyl (C=O) groups is 2. The first-order chi connectivity index (χ1) is 16.5. The summed E-state index contributed by atoms with van der Waals surface area (Å²) in [4.78, 5) is 28.8. The summed E-state index contributed by atoms with van der Waals surface area (Å²) in [5.41, 5.74) is 7.76. The highest BCUT2D eigenvalue weighted by molar-refractivity contribution is 7.80. The lowest BCUT2D eigenvalue weighted by molar-refractivity contribution is 0.0934. The molecule has 0 aliphatic rings. The van der Waals surface area contributed by atoms with Crippen molar-refractivity contribution in [3.63, 3.8) is 0 Å². The van der Waals surface area contributed by atoms with E-state index < -0.39 is 11.8 Å². The van der Waals surface area contributed by atoms with Crippen molar-refractivity contribution >= 4 is 40.2 Å². The van der Waals surface area contributed by atoms with Crippen LogP contribution in [0.3, 0.4) is 0 Å². The molecular weight excluding hydrogens is 454 g/mol. The fourth-order valence-electron chi connectivity index (χ4n) is 3.10. The molecule has 2 aromatic carbocycles. The van der Waals surface area contributed by atoms with Crippen LogP contribution in [0.2, 0.25) is 0 Å². The summed E-state index contributed by atoms with van der Waals surface area (Å²) in [5, 5.41) is 6.89. The molecule has 10 heteroatoms. The topological polar surface area (TPSA) is 118 Å². The number of nitrogens with one attached hydrogen (secondary N) is 3. The van der Waals surface area contributed by atoms with E-state index in [1.54, 1.807) is 37.3 Å². The van der Waals surface area contributed by atoms with Gasteiger partial charge in [-0.1, -0.05) is 35.5 Å². The Kier molecular flexibility index (Phi) is 7.09. The number of aromatic nitrogens is 2. The van der Waals surface area contributed by atoms with E-state index in [-0.39, 0.29) is 10.7 Å². The third-order valence-corrected chi connectivity index (χ3v) is 5.11. The summed E-state index contributed by atoms with van der Waals surface area (Å²) in [6.07, 6.45) is 2.15. The minimum Gasteiger partial charge on any atom is -0.493 e. The lowest BCUT2D eigenvalue weighted by Gasteiger charge is -2.11. The van der Waals surface area contributed by atoms with Gasteiger partial charge < -0.3 is 9.26 Å². The van der Waals surface area contributed by atoms with E-state index in [4.69, 9.17) is 21.5 Å². The van der Waals surface area contributed by atoms with Crippen molar-refractivity contribution in [3.05, 3.63) is 89.2 Å². The molecule has 0 aliphatic carbocycles. The average molecular weight is 476 g/mol. The van der Waals surface area contributed by atoms with E-state index in [0.717, 1.165) is 6.42 Å². The highest BCUT2D eigenvalue weighted by Gasteiger charge is 2.13. The number of thiocarbonyl (C=S) groups is 1. The van der Waals surface area contributed by atoms with Crippen LogP contribution in [0.4, 0.5) is 0 Å². The number of rotatable bonds is 6. The molecule has 9 nitrogen and oxygen atoms in total. The maximum Gasteiger partial charge on any atom is 0.271 e. The molecule has 0 radical (unpaired) electrons. The minimum absolute atomic E-state index is 0.0586. The van der Waals surface area contributed by atoms with Crippen LogP contribution >= 0.6 is 12.2 Å². The molecule has 0 unspecified atom stereocenters. The van der Waals surface area contributed by atoms with Crippen LogP contribution in [0, 0.1) is 6.92 Å². The smallest absolute Gasteiger partial charge is 0.271 e. The molecule has 0 bridgehead atoms. The zero-order chi connectivity index (χ0) is 23.9. The zero-order valence-corrected chi connectivity index (χ0v) is 19.0. The van der Waals surface area contributed by atoms with Crippen LogP contribution in [0.5, 0.6) is 5.75 Å². The number of amides is 2. The van der Waals surface area contributed by atoms with Gasteiger partial charge in [0.05, 0.1) is 23.3 Å². The number of benzene rings is 2. The van der Waals surface area contributed by atoms with Gasteiger partial charge in [0.25, 0.3) is 17.5 Å². The summed E-state index contributed by atoms with van der Waals surface area (Å²) in [5.74, 6) is -0.247. The van der Waals surface area contributed by atoms with Crippen molar-refractivity contribution in [2.24, 2.45) is 0 Å². The number of ether oxygens (including phenoxy) is 1. The highest BCUT2D eigenvalue weighted by Crippen LogP contribution is 2.16. The predicted molar refractivity (Wildman–Crippen MR) is 129 cm³/mol. The Bertz CT molecular complexity index is 1320. The van der Waals surface area contributed by atoms with Crippen molar-refractivity contribution in [1.29, 1.82) is 0 Å². The van der Waals surface area contributed by atoms with Gasteiger partial charge in [-0.3, -0.25) is 25.8 Å². The van der Waals surface area contributed by atoms with Crippen LogP contribution in [-0.4, -0.2) is 33.7 Å². The molecule has 0 atom stereocenters. The van der Waals surface area contributed by atoms with Gasteiger partial charge in [0, 0.05) is 18.2 Å². The molecule has 2 amide bonds. The van der Waals surface area contributed by atoms with Crippen molar-refractivity contribution in [2.75, 3.05) is 6.61 Å². The van der Waals surface area contributed by atoms with Gasteiger partial charge in [0.2, 0.25) is 0 Å². The van der Waals surface area contributed by atoms with Gasteiger partial charge in [-0.25, -0.2) is 4.98 Å². The van der Waals surface area contributed by atoms with Gasteiger partial charge in [-0.2, -0.15) is 0 Å². The van der Waals surface area contributed by atoms with E-state index in [1.165, 1.54) is 11.8 Å². The Hall–Kier alpha value is -4.31. The number of hydrogen-bond acceptors (Lipinski definition) is 7. The molecule has 2 heterocycles. The number of hydrazine groups is 1. The molecule has 0 saturated heterocycles. The number of pyridine rings is 1. The molecule has 3 N–H and O–H groups in total. The van der Waals surface area contributed by atoms with Crippen LogP contribution in [0.25, 0.3) is 11.1 Å². The molecular formula is C24H21N5O4S. The highest BCUT2D eigenvalue weighted by atomic mass is 32.1. The maximum absolute atomic E-state index is 12.4. The molecule has 2 aromatic heterocycles. The molecule has 0 aliphatic heterocycles. The van der Waals surface area contributed by atoms with Crippen LogP contribution < -0.4 is 20.9 Å². The monoisotopic (exact) mass is 475 g/mol. The van der Waals surface area contributed by atoms with Crippen LogP contribution in [-0.2, 0) is 6.42 Å². The zero-order valence-electron chi connectivity index (χ0n) is 18.2. The lowest BCUT2D eigenvalue weighted by atomic mass is 10.2. The molecule has 4 aromatic rings. The van der Waals surface area contributed by atoms with Crippen LogP contribution in [0.1, 0.15) is 32.0 Å². The number of fused-ring (bicyclic) bond motifs is 1. The number of hydrogen-bond donors (Lipinski definition) is 3. The van der Waals surface area contributed by atoms with Gasteiger partial charge in [-0.05, 0) is 55.0 Å². The van der Waals surface area contributed by atoms with Crippen molar-refractivity contribution in [1.82, 2.24) is 26.3 Å². The lowest BCUT2D eigenvalue weighted by Crippen LogP contribution is -2.48. The van der Waals surface area contributed by atoms with Gasteiger partial charge >= 0.3 is 0 Å². The summed E-state index contributed by atoms with van der Waals surface area (Å²) in [6.45, 7) is 2.28. The summed E-state index contributed by atoms with van der Waals surface area (Å²) in [7, 11) is 0. The Labute approximate surface area is 200 Å². The van der Waals surface area contributed by atoms with Crippen molar-refractivity contribution in [2.45, 2.75) is 13.3 Å². The second-order valence-corrected chi connectivity index (χ2v) is 7.72. The number of carbonyl (C=O) groups excluding carboxylic acids is 2. The van der Waals surface area contributed by atoms with E-state index in [0.29, 0.717) is 34.7 Å². The van der Waals surface area contributed by atoms with E-state index in [1.807, 2.05) is 30.3 Å². The second-order valence-electron chi connectivity index (χ2n) is 7.32. The van der Waals surface area contributed by atoms with E-state index in [9.17, 15) is 9.59 Å². The Morgan fingerprint density at radius 2 is 1.76 bits per heavy atom. The number of aryl methyl sites for hydroxylation is 1. The number of nitrogens with zero attached hydrogens (tertiary/aromatic N) is 2. The molecule has 172 valence electrons. The summed E-state index contributed by atoms with van der Waals surface area (Å²) >= 11 is 5.09. The Morgan fingerprint density at radius 3 is 2.53 bits per heavy atom. The summed E-state index contributed by atoms with van der Waals surface area (Å²) < 4.78 is 10.8. The van der Waals surface area contributed by atoms with Crippen molar-refractivity contribution < 1.29 is 18.8 Å². The van der Waals surface area contributed by atoms with Crippen molar-refractivity contribution in [3.8, 4) is 5.75 Å². The van der Waals surface area contributed by atoms with Gasteiger partial charge in [0.15, 0.2) is 5.11 Å². The molecule has 34 heavy (non-hydrogen) atoms. The summed E-state index contributed by atoms with van der Waals surface area (Å²) in [6, 6.07) is 18.4. The quantitative estimate of drug-likeness (QED) is 0.288. The normalized spacial score (nSPS) is 10.5. The average Bonchev–Trinajstić information content (AvgIpc) is 3.23. The first-order valence-corrected chi connectivity index (χ1v) is 10.8. The molecule has 0 fully saturated rings. The van der Waals surface area contributed by atoms with E-state index in [2.05, 4.69) is 26.3 Å². The Morgan fingerprint density at radius 1 is 1.00 bits per heavy atom. The SMILES string of the molecule is Cc1noc2ncc(C(=O)NNC(=S)NC(=O)c3ccc(OCCc4ccccc4)cc3)cc12. The maximum atomic E-state index is 12.4. The molecule has 0 saturated carbocycles. The van der Waals surface area contributed by atoms with E-state index >= 15 is 0 Å².